The fourth-order valence-corrected chi connectivity index (χ4v) is 5.89. The second-order valence-electron chi connectivity index (χ2n) is 12.0. The molecule has 8 N–H and O–H groups in total. The molecule has 2 fully saturated rings. The largest absolute Gasteiger partial charge is 0.490 e. The van der Waals surface area contributed by atoms with Crippen LogP contribution >= 0.6 is 0 Å². The first-order chi connectivity index (χ1) is 23.8. The highest BCUT2D eigenvalue weighted by atomic mass is 19.4. The number of halogens is 3. The molecule has 4 atom stereocenters. The second-order valence-corrected chi connectivity index (χ2v) is 12.0. The molecule has 13 nitrogen and oxygen atoms in total. The Bertz CT molecular complexity index is 1470. The van der Waals surface area contributed by atoms with Crippen molar-refractivity contribution in [3.8, 4) is 0 Å². The lowest BCUT2D eigenvalue weighted by Gasteiger charge is -2.38. The number of amides is 4. The van der Waals surface area contributed by atoms with Gasteiger partial charge in [-0.3, -0.25) is 24.2 Å². The minimum Gasteiger partial charge on any atom is -0.475 e. The van der Waals surface area contributed by atoms with Crippen LogP contribution < -0.4 is 27.4 Å². The first kappa shape index (κ1) is 39.3. The number of carbonyl (C=O) groups is 5. The van der Waals surface area contributed by atoms with Crippen LogP contribution in [0.4, 0.5) is 13.2 Å². The monoisotopic (exact) mass is 703 g/mol. The van der Waals surface area contributed by atoms with E-state index in [1.165, 1.54) is 5.56 Å². The maximum atomic E-state index is 13.5. The van der Waals surface area contributed by atoms with Gasteiger partial charge in [0.1, 0.15) is 18.1 Å². The highest BCUT2D eigenvalue weighted by molar-refractivity contribution is 5.95. The Kier molecular flexibility index (Phi) is 15.0. The number of alkyl halides is 3. The summed E-state index contributed by atoms with van der Waals surface area (Å²) in [4.78, 5) is 67.4. The number of piperidine rings is 1. The zero-order chi connectivity index (χ0) is 36.7. The van der Waals surface area contributed by atoms with Gasteiger partial charge in [-0.15, -0.1) is 0 Å². The van der Waals surface area contributed by atoms with Gasteiger partial charge in [0.2, 0.25) is 23.6 Å². The summed E-state index contributed by atoms with van der Waals surface area (Å²) in [5, 5.41) is 15.8. The van der Waals surface area contributed by atoms with Crippen molar-refractivity contribution in [1.82, 2.24) is 20.9 Å². The number of hydrogen-bond donors (Lipinski definition) is 6. The van der Waals surface area contributed by atoms with E-state index in [1.54, 1.807) is 4.90 Å². The van der Waals surface area contributed by atoms with Crippen LogP contribution in [0.2, 0.25) is 0 Å². The molecule has 0 saturated carbocycles. The van der Waals surface area contributed by atoms with Gasteiger partial charge in [0.25, 0.3) is 0 Å². The molecule has 4 rings (SSSR count). The van der Waals surface area contributed by atoms with Gasteiger partial charge in [-0.2, -0.15) is 13.2 Å². The van der Waals surface area contributed by atoms with E-state index < -0.39 is 30.3 Å². The Morgan fingerprint density at radius 2 is 1.52 bits per heavy atom. The van der Waals surface area contributed by atoms with E-state index in [-0.39, 0.29) is 42.1 Å². The summed E-state index contributed by atoms with van der Waals surface area (Å²) in [6.45, 7) is 0.797. The zero-order valence-electron chi connectivity index (χ0n) is 27.5. The van der Waals surface area contributed by atoms with Gasteiger partial charge in [0.15, 0.2) is 5.96 Å². The molecular formula is C34H44F3N7O6. The average molecular weight is 704 g/mol. The molecule has 2 aromatic rings. The van der Waals surface area contributed by atoms with Gasteiger partial charge in [-0.1, -0.05) is 60.7 Å². The zero-order valence-corrected chi connectivity index (χ0v) is 27.5. The molecule has 2 aliphatic heterocycles. The number of carboxylic acid groups (broad SMARTS) is 1. The molecule has 0 aromatic heterocycles. The van der Waals surface area contributed by atoms with Crippen molar-refractivity contribution < 1.29 is 42.3 Å². The first-order valence-electron chi connectivity index (χ1n) is 16.4. The lowest BCUT2D eigenvalue weighted by Crippen LogP contribution is -2.60. The Balaban J connectivity index is 0.000000872. The van der Waals surface area contributed by atoms with Crippen LogP contribution in [0, 0.1) is 0 Å². The molecule has 0 aliphatic carbocycles. The molecule has 2 aliphatic rings. The van der Waals surface area contributed by atoms with Crippen molar-refractivity contribution >= 4 is 35.6 Å². The highest BCUT2D eigenvalue weighted by Crippen LogP contribution is 2.33. The number of nitrogens with one attached hydrogen (secondary N) is 3. The number of guanidine groups is 1. The van der Waals surface area contributed by atoms with Crippen molar-refractivity contribution in [1.29, 1.82) is 0 Å². The third-order valence-corrected chi connectivity index (χ3v) is 8.29. The van der Waals surface area contributed by atoms with E-state index in [1.807, 2.05) is 60.7 Å². The lowest BCUT2D eigenvalue weighted by molar-refractivity contribution is -0.192. The van der Waals surface area contributed by atoms with Crippen molar-refractivity contribution in [2.45, 2.75) is 88.1 Å². The SMILES string of the molecule is NC(N)=NCCC[C@H](NC(=O)[C@@H]1CC[C@@H]2CCC(NC(=O)Cc3ccccc3)C(=O)N21)C(=O)NCCCc1ccccc1.O=C(O)C(F)(F)F. The average Bonchev–Trinajstić information content (AvgIpc) is 3.51. The normalized spacial score (nSPS) is 18.8. The molecule has 16 heteroatoms. The fraction of sp³-hybridized carbons (Fsp3) is 0.471. The summed E-state index contributed by atoms with van der Waals surface area (Å²) in [6, 6.07) is 17.2. The van der Waals surface area contributed by atoms with Gasteiger partial charge < -0.3 is 37.4 Å². The Hall–Kier alpha value is -5.15. The third kappa shape index (κ3) is 12.7. The van der Waals surface area contributed by atoms with Crippen molar-refractivity contribution in [2.75, 3.05) is 13.1 Å². The van der Waals surface area contributed by atoms with Gasteiger partial charge in [-0.25, -0.2) is 4.79 Å². The summed E-state index contributed by atoms with van der Waals surface area (Å²) < 4.78 is 31.7. The topological polar surface area (TPSA) is 209 Å². The van der Waals surface area contributed by atoms with E-state index in [2.05, 4.69) is 20.9 Å². The van der Waals surface area contributed by atoms with Crippen LogP contribution in [0.15, 0.2) is 65.7 Å². The predicted octanol–water partition coefficient (Wildman–Crippen LogP) is 1.79. The maximum Gasteiger partial charge on any atom is 0.490 e. The van der Waals surface area contributed by atoms with Gasteiger partial charge in [0.05, 0.1) is 6.42 Å². The van der Waals surface area contributed by atoms with Gasteiger partial charge in [-0.05, 0) is 62.5 Å². The van der Waals surface area contributed by atoms with Crippen LogP contribution in [0.5, 0.6) is 0 Å². The summed E-state index contributed by atoms with van der Waals surface area (Å²) >= 11 is 0. The molecule has 2 aromatic carbocycles. The number of aliphatic imine (C=N–C) groups is 1. The minimum absolute atomic E-state index is 0.0306. The van der Waals surface area contributed by atoms with Crippen molar-refractivity contribution in [2.24, 2.45) is 16.5 Å². The number of nitrogens with two attached hydrogens (primary N) is 2. The molecule has 2 saturated heterocycles. The molecule has 0 bridgehead atoms. The van der Waals surface area contributed by atoms with Crippen molar-refractivity contribution in [3.05, 3.63) is 71.8 Å². The van der Waals surface area contributed by atoms with Gasteiger partial charge in [0, 0.05) is 19.1 Å². The standard InChI is InChI=1S/C32H43N7O4.C2HF3O2/c33-32(34)36-20-8-14-25(29(41)35-19-7-13-22-9-3-1-4-10-22)38-30(42)27-18-16-24-15-17-26(31(43)39(24)27)37-28(40)21-23-11-5-2-6-12-23;3-2(4,5)1(6)7/h1-6,9-12,24-27H,7-8,13-21H2,(H,35,41)(H,37,40)(H,38,42)(H4,33,34,36);(H,6,7)/t24-,25-,26?,27-;/m0./s1. The maximum absolute atomic E-state index is 13.5. The summed E-state index contributed by atoms with van der Waals surface area (Å²) in [5.74, 6) is -3.91. The molecule has 0 radical (unpaired) electrons. The Morgan fingerprint density at radius 1 is 0.920 bits per heavy atom. The number of rotatable bonds is 14. The fourth-order valence-electron chi connectivity index (χ4n) is 5.89. The van der Waals surface area contributed by atoms with Gasteiger partial charge >= 0.3 is 12.1 Å². The summed E-state index contributed by atoms with van der Waals surface area (Å²) in [6.07, 6.45) is -0.0351. The van der Waals surface area contributed by atoms with Crippen LogP contribution in [0.25, 0.3) is 0 Å². The van der Waals surface area contributed by atoms with E-state index in [0.717, 1.165) is 18.4 Å². The highest BCUT2D eigenvalue weighted by Gasteiger charge is 2.46. The molecular weight excluding hydrogens is 659 g/mol. The number of carboxylic acids is 1. The predicted molar refractivity (Wildman–Crippen MR) is 178 cm³/mol. The first-order valence-corrected chi connectivity index (χ1v) is 16.4. The van der Waals surface area contributed by atoms with Crippen LogP contribution in [0.1, 0.15) is 56.1 Å². The Labute approximate surface area is 288 Å². The Morgan fingerprint density at radius 3 is 2.12 bits per heavy atom. The molecule has 50 heavy (non-hydrogen) atoms. The van der Waals surface area contributed by atoms with E-state index in [0.29, 0.717) is 51.6 Å². The molecule has 1 unspecified atom stereocenters. The molecule has 2 heterocycles. The van der Waals surface area contributed by atoms with E-state index in [9.17, 15) is 32.3 Å². The quantitative estimate of drug-likeness (QED) is 0.0969. The van der Waals surface area contributed by atoms with E-state index in [4.69, 9.17) is 21.4 Å². The van der Waals surface area contributed by atoms with Crippen molar-refractivity contribution in [3.63, 3.8) is 0 Å². The smallest absolute Gasteiger partial charge is 0.475 e. The number of aryl methyl sites for hydroxylation is 1. The summed E-state index contributed by atoms with van der Waals surface area (Å²) in [5.41, 5.74) is 12.9. The summed E-state index contributed by atoms with van der Waals surface area (Å²) in [7, 11) is 0. The lowest BCUT2D eigenvalue weighted by atomic mass is 9.97. The van der Waals surface area contributed by atoms with Crippen LogP contribution in [0.3, 0.4) is 0 Å². The number of hydrogen-bond acceptors (Lipinski definition) is 6. The number of fused-ring (bicyclic) bond motifs is 1. The number of carbonyl (C=O) groups excluding carboxylic acids is 4. The second kappa shape index (κ2) is 19.1. The van der Waals surface area contributed by atoms with E-state index >= 15 is 0 Å². The molecule has 4 amide bonds. The number of nitrogens with zero attached hydrogens (tertiary/aromatic N) is 2. The number of benzene rings is 2. The number of aliphatic carboxylic acids is 1. The minimum atomic E-state index is -5.08. The van der Waals surface area contributed by atoms with Crippen LogP contribution in [-0.4, -0.2) is 89.0 Å². The molecule has 272 valence electrons. The third-order valence-electron chi connectivity index (χ3n) is 8.29. The van der Waals surface area contributed by atoms with Crippen LogP contribution in [-0.2, 0) is 36.8 Å². The molecule has 0 spiro atoms.